The van der Waals surface area contributed by atoms with E-state index in [-0.39, 0.29) is 6.61 Å². The van der Waals surface area contributed by atoms with Crippen molar-refractivity contribution < 1.29 is 19.1 Å². The molecule has 0 saturated heterocycles. The fraction of sp³-hybridized carbons (Fsp3) is 0.429. The molecule has 0 saturated carbocycles. The summed E-state index contributed by atoms with van der Waals surface area (Å²) < 4.78 is 9.44. The third kappa shape index (κ3) is 4.99. The zero-order valence-corrected chi connectivity index (χ0v) is 11.4. The standard InChI is InChI=1S/C14H19NO4/c1-4-19-14(17)15-12(13(16)18-3)9-11-7-5-10(2)6-8-11/h5-8,12H,4,9H2,1-3H3,(H,15,17). The van der Waals surface area contributed by atoms with Gasteiger partial charge in [0.15, 0.2) is 0 Å². The lowest BCUT2D eigenvalue weighted by Crippen LogP contribution is -2.43. The fourth-order valence-corrected chi connectivity index (χ4v) is 1.61. The van der Waals surface area contributed by atoms with Crippen molar-refractivity contribution in [1.82, 2.24) is 5.32 Å². The molecule has 104 valence electrons. The van der Waals surface area contributed by atoms with Gasteiger partial charge in [0.2, 0.25) is 0 Å². The third-order valence-electron chi connectivity index (χ3n) is 2.61. The van der Waals surface area contributed by atoms with Crippen LogP contribution in [0.25, 0.3) is 0 Å². The molecule has 19 heavy (non-hydrogen) atoms. The molecule has 0 aliphatic carbocycles. The number of esters is 1. The number of amides is 1. The van der Waals surface area contributed by atoms with Crippen LogP contribution in [-0.2, 0) is 20.7 Å². The van der Waals surface area contributed by atoms with Crippen molar-refractivity contribution in [1.29, 1.82) is 0 Å². The molecule has 5 nitrogen and oxygen atoms in total. The molecule has 0 aliphatic heterocycles. The van der Waals surface area contributed by atoms with Gasteiger partial charge in [-0.1, -0.05) is 29.8 Å². The Labute approximate surface area is 112 Å². The van der Waals surface area contributed by atoms with Crippen LogP contribution in [0.15, 0.2) is 24.3 Å². The molecule has 1 aromatic carbocycles. The number of methoxy groups -OCH3 is 1. The summed E-state index contributed by atoms with van der Waals surface area (Å²) in [5, 5.41) is 2.50. The molecule has 1 atom stereocenters. The van der Waals surface area contributed by atoms with Crippen LogP contribution >= 0.6 is 0 Å². The maximum Gasteiger partial charge on any atom is 0.407 e. The predicted octanol–water partition coefficient (Wildman–Crippen LogP) is 1.83. The number of nitrogens with one attached hydrogen (secondary N) is 1. The monoisotopic (exact) mass is 265 g/mol. The highest BCUT2D eigenvalue weighted by atomic mass is 16.6. The van der Waals surface area contributed by atoms with Gasteiger partial charge in [-0.15, -0.1) is 0 Å². The molecule has 0 heterocycles. The summed E-state index contributed by atoms with van der Waals surface area (Å²) in [7, 11) is 1.29. The Morgan fingerprint density at radius 2 is 1.89 bits per heavy atom. The molecule has 1 rings (SSSR count). The summed E-state index contributed by atoms with van der Waals surface area (Å²) >= 11 is 0. The van der Waals surface area contributed by atoms with Crippen LogP contribution in [0.1, 0.15) is 18.1 Å². The van der Waals surface area contributed by atoms with Crippen molar-refractivity contribution in [3.8, 4) is 0 Å². The maximum atomic E-state index is 11.6. The van der Waals surface area contributed by atoms with Crippen LogP contribution in [0.2, 0.25) is 0 Å². The highest BCUT2D eigenvalue weighted by Gasteiger charge is 2.22. The lowest BCUT2D eigenvalue weighted by molar-refractivity contribution is -0.142. The molecule has 0 bridgehead atoms. The van der Waals surface area contributed by atoms with Gasteiger partial charge in [-0.2, -0.15) is 0 Å². The van der Waals surface area contributed by atoms with E-state index < -0.39 is 18.1 Å². The molecule has 0 aliphatic rings. The number of carbonyl (C=O) groups excluding carboxylic acids is 2. The normalized spacial score (nSPS) is 11.5. The van der Waals surface area contributed by atoms with E-state index in [2.05, 4.69) is 10.1 Å². The molecule has 1 amide bonds. The van der Waals surface area contributed by atoms with Gasteiger partial charge in [-0.25, -0.2) is 9.59 Å². The molecule has 5 heteroatoms. The minimum atomic E-state index is -0.744. The van der Waals surface area contributed by atoms with Crippen LogP contribution in [0, 0.1) is 6.92 Å². The van der Waals surface area contributed by atoms with E-state index in [9.17, 15) is 9.59 Å². The van der Waals surface area contributed by atoms with Crippen molar-refractivity contribution in [3.05, 3.63) is 35.4 Å². The molecule has 0 spiro atoms. The summed E-state index contributed by atoms with van der Waals surface area (Å²) in [6.07, 6.45) is -0.254. The highest BCUT2D eigenvalue weighted by molar-refractivity contribution is 5.81. The second kappa shape index (κ2) is 7.41. The van der Waals surface area contributed by atoms with Crippen LogP contribution in [-0.4, -0.2) is 31.8 Å². The number of carbonyl (C=O) groups is 2. The zero-order chi connectivity index (χ0) is 14.3. The Balaban J connectivity index is 2.71. The SMILES string of the molecule is CCOC(=O)NC(Cc1ccc(C)cc1)C(=O)OC. The Bertz CT molecular complexity index is 428. The topological polar surface area (TPSA) is 64.6 Å². The number of ether oxygens (including phenoxy) is 2. The number of benzene rings is 1. The fourth-order valence-electron chi connectivity index (χ4n) is 1.61. The van der Waals surface area contributed by atoms with Gasteiger partial charge >= 0.3 is 12.1 Å². The Morgan fingerprint density at radius 1 is 1.26 bits per heavy atom. The highest BCUT2D eigenvalue weighted by Crippen LogP contribution is 2.07. The van der Waals surface area contributed by atoms with Gasteiger partial charge in [0.25, 0.3) is 0 Å². The van der Waals surface area contributed by atoms with Crippen LogP contribution in [0.4, 0.5) is 4.79 Å². The lowest BCUT2D eigenvalue weighted by atomic mass is 10.0. The minimum absolute atomic E-state index is 0.254. The van der Waals surface area contributed by atoms with E-state index in [1.807, 2.05) is 31.2 Å². The quantitative estimate of drug-likeness (QED) is 0.825. The van der Waals surface area contributed by atoms with E-state index in [4.69, 9.17) is 4.74 Å². The third-order valence-corrected chi connectivity index (χ3v) is 2.61. The van der Waals surface area contributed by atoms with Gasteiger partial charge in [0, 0.05) is 6.42 Å². The minimum Gasteiger partial charge on any atom is -0.467 e. The number of rotatable bonds is 5. The van der Waals surface area contributed by atoms with Gasteiger partial charge in [0.05, 0.1) is 13.7 Å². The molecule has 1 N–H and O–H groups in total. The molecular weight excluding hydrogens is 246 g/mol. The van der Waals surface area contributed by atoms with Crippen molar-refractivity contribution in [2.24, 2.45) is 0 Å². The first-order valence-electron chi connectivity index (χ1n) is 6.13. The van der Waals surface area contributed by atoms with E-state index >= 15 is 0 Å². The largest absolute Gasteiger partial charge is 0.467 e. The van der Waals surface area contributed by atoms with Crippen LogP contribution in [0.5, 0.6) is 0 Å². The predicted molar refractivity (Wildman–Crippen MR) is 70.8 cm³/mol. The first-order chi connectivity index (χ1) is 9.06. The summed E-state index contributed by atoms with van der Waals surface area (Å²) in [6.45, 7) is 3.94. The van der Waals surface area contributed by atoms with Crippen molar-refractivity contribution in [2.75, 3.05) is 13.7 Å². The van der Waals surface area contributed by atoms with Crippen molar-refractivity contribution in [3.63, 3.8) is 0 Å². The molecule has 0 radical (unpaired) electrons. The van der Waals surface area contributed by atoms with Gasteiger partial charge < -0.3 is 14.8 Å². The lowest BCUT2D eigenvalue weighted by Gasteiger charge is -2.16. The van der Waals surface area contributed by atoms with E-state index in [0.29, 0.717) is 6.42 Å². The molecule has 0 fully saturated rings. The van der Waals surface area contributed by atoms with E-state index in [0.717, 1.165) is 11.1 Å². The average Bonchev–Trinajstić information content (AvgIpc) is 2.40. The number of aryl methyl sites for hydroxylation is 1. The maximum absolute atomic E-state index is 11.6. The Morgan fingerprint density at radius 3 is 2.42 bits per heavy atom. The molecule has 0 aromatic heterocycles. The summed E-state index contributed by atoms with van der Waals surface area (Å²) in [6, 6.07) is 6.99. The molecule has 1 aromatic rings. The first kappa shape index (κ1) is 15.0. The first-order valence-corrected chi connectivity index (χ1v) is 6.13. The Kier molecular flexibility index (Phi) is 5.85. The van der Waals surface area contributed by atoms with Crippen LogP contribution < -0.4 is 5.32 Å². The Hall–Kier alpha value is -2.04. The number of hydrogen-bond acceptors (Lipinski definition) is 4. The van der Waals surface area contributed by atoms with Gasteiger partial charge in [-0.05, 0) is 19.4 Å². The van der Waals surface area contributed by atoms with E-state index in [1.54, 1.807) is 6.92 Å². The smallest absolute Gasteiger partial charge is 0.407 e. The zero-order valence-electron chi connectivity index (χ0n) is 11.4. The van der Waals surface area contributed by atoms with E-state index in [1.165, 1.54) is 7.11 Å². The number of alkyl carbamates (subject to hydrolysis) is 1. The number of hydrogen-bond donors (Lipinski definition) is 1. The molecular formula is C14H19NO4. The molecule has 1 unspecified atom stereocenters. The summed E-state index contributed by atoms with van der Waals surface area (Å²) in [5.74, 6) is -0.492. The second-order valence-corrected chi connectivity index (χ2v) is 4.13. The van der Waals surface area contributed by atoms with Gasteiger partial charge in [-0.3, -0.25) is 0 Å². The van der Waals surface area contributed by atoms with Gasteiger partial charge in [0.1, 0.15) is 6.04 Å². The van der Waals surface area contributed by atoms with Crippen LogP contribution in [0.3, 0.4) is 0 Å². The average molecular weight is 265 g/mol. The second-order valence-electron chi connectivity index (χ2n) is 4.13. The summed E-state index contributed by atoms with van der Waals surface area (Å²) in [5.41, 5.74) is 2.08. The van der Waals surface area contributed by atoms with Crippen molar-refractivity contribution in [2.45, 2.75) is 26.3 Å². The summed E-state index contributed by atoms with van der Waals surface area (Å²) in [4.78, 5) is 23.0. The van der Waals surface area contributed by atoms with Crippen molar-refractivity contribution >= 4 is 12.1 Å².